The van der Waals surface area contributed by atoms with E-state index < -0.39 is 0 Å². The van der Waals surface area contributed by atoms with E-state index in [9.17, 15) is 0 Å². The van der Waals surface area contributed by atoms with Gasteiger partial charge in [-0.05, 0) is 12.8 Å². The van der Waals surface area contributed by atoms with Crippen LogP contribution in [-0.4, -0.2) is 50.3 Å². The second-order valence-electron chi connectivity index (χ2n) is 4.35. The molecular formula is C9H18N2O. The van der Waals surface area contributed by atoms with Gasteiger partial charge >= 0.3 is 0 Å². The number of hydrogen-bond donors (Lipinski definition) is 1. The van der Waals surface area contributed by atoms with Gasteiger partial charge in [0.2, 0.25) is 0 Å². The standard InChI is InChI=1S/C9H18N2O/c1-9(12-2)6-11(7-9)5-8-3-10-4-8/h8,10H,3-7H2,1-2H3. The highest BCUT2D eigenvalue weighted by molar-refractivity contribution is 4.95. The van der Waals surface area contributed by atoms with Crippen molar-refractivity contribution in [3.63, 3.8) is 0 Å². The van der Waals surface area contributed by atoms with Gasteiger partial charge in [-0.25, -0.2) is 0 Å². The third kappa shape index (κ3) is 1.49. The number of likely N-dealkylation sites (tertiary alicyclic amines) is 1. The summed E-state index contributed by atoms with van der Waals surface area (Å²) in [6.45, 7) is 8.08. The van der Waals surface area contributed by atoms with Crippen LogP contribution in [-0.2, 0) is 4.74 Å². The molecule has 2 rings (SSSR count). The average Bonchev–Trinajstić information content (AvgIpc) is 1.92. The fraction of sp³-hybridized carbons (Fsp3) is 1.00. The Morgan fingerprint density at radius 3 is 2.58 bits per heavy atom. The molecule has 0 aromatic heterocycles. The largest absolute Gasteiger partial charge is 0.376 e. The molecule has 12 heavy (non-hydrogen) atoms. The highest BCUT2D eigenvalue weighted by atomic mass is 16.5. The van der Waals surface area contributed by atoms with Gasteiger partial charge in [-0.2, -0.15) is 0 Å². The number of hydrogen-bond acceptors (Lipinski definition) is 3. The highest BCUT2D eigenvalue weighted by Crippen LogP contribution is 2.24. The summed E-state index contributed by atoms with van der Waals surface area (Å²) in [7, 11) is 1.81. The maximum absolute atomic E-state index is 5.38. The lowest BCUT2D eigenvalue weighted by Gasteiger charge is -2.49. The second-order valence-corrected chi connectivity index (χ2v) is 4.35. The summed E-state index contributed by atoms with van der Waals surface area (Å²) < 4.78 is 5.38. The first-order chi connectivity index (χ1) is 5.72. The van der Waals surface area contributed by atoms with Crippen molar-refractivity contribution >= 4 is 0 Å². The molecule has 70 valence electrons. The van der Waals surface area contributed by atoms with E-state index in [1.165, 1.54) is 19.6 Å². The van der Waals surface area contributed by atoms with Crippen molar-refractivity contribution < 1.29 is 4.74 Å². The first kappa shape index (κ1) is 8.48. The molecule has 2 saturated heterocycles. The molecule has 0 aliphatic carbocycles. The van der Waals surface area contributed by atoms with E-state index in [0.717, 1.165) is 19.0 Å². The molecule has 2 heterocycles. The Kier molecular flexibility index (Phi) is 2.10. The number of rotatable bonds is 3. The van der Waals surface area contributed by atoms with E-state index in [4.69, 9.17) is 4.74 Å². The first-order valence-corrected chi connectivity index (χ1v) is 4.70. The summed E-state index contributed by atoms with van der Waals surface area (Å²) in [5, 5.41) is 3.29. The molecule has 0 atom stereocenters. The Labute approximate surface area is 74.1 Å². The first-order valence-electron chi connectivity index (χ1n) is 4.70. The fourth-order valence-electron chi connectivity index (χ4n) is 2.00. The van der Waals surface area contributed by atoms with Crippen LogP contribution in [0.25, 0.3) is 0 Å². The Balaban J connectivity index is 1.67. The summed E-state index contributed by atoms with van der Waals surface area (Å²) in [6.07, 6.45) is 0. The quantitative estimate of drug-likeness (QED) is 0.641. The van der Waals surface area contributed by atoms with Crippen molar-refractivity contribution in [2.75, 3.05) is 39.8 Å². The minimum absolute atomic E-state index is 0.150. The zero-order valence-corrected chi connectivity index (χ0v) is 7.97. The monoisotopic (exact) mass is 170 g/mol. The average molecular weight is 170 g/mol. The summed E-state index contributed by atoms with van der Waals surface area (Å²) in [5.41, 5.74) is 0.150. The molecule has 0 bridgehead atoms. The maximum Gasteiger partial charge on any atom is 0.0903 e. The second kappa shape index (κ2) is 2.98. The molecule has 2 aliphatic rings. The van der Waals surface area contributed by atoms with E-state index in [0.29, 0.717) is 0 Å². The number of ether oxygens (including phenoxy) is 1. The van der Waals surface area contributed by atoms with Gasteiger partial charge in [0.05, 0.1) is 5.60 Å². The van der Waals surface area contributed by atoms with Gasteiger partial charge in [0.25, 0.3) is 0 Å². The summed E-state index contributed by atoms with van der Waals surface area (Å²) in [6, 6.07) is 0. The molecule has 1 N–H and O–H groups in total. The lowest BCUT2D eigenvalue weighted by Crippen LogP contribution is -2.63. The van der Waals surface area contributed by atoms with E-state index in [1.807, 2.05) is 7.11 Å². The molecule has 0 aromatic carbocycles. The van der Waals surface area contributed by atoms with Crippen molar-refractivity contribution in [2.45, 2.75) is 12.5 Å². The number of methoxy groups -OCH3 is 1. The molecule has 0 radical (unpaired) electrons. The van der Waals surface area contributed by atoms with Gasteiger partial charge in [-0.15, -0.1) is 0 Å². The van der Waals surface area contributed by atoms with Crippen LogP contribution in [0.15, 0.2) is 0 Å². The van der Waals surface area contributed by atoms with Gasteiger partial charge in [0.15, 0.2) is 0 Å². The van der Waals surface area contributed by atoms with E-state index in [-0.39, 0.29) is 5.60 Å². The van der Waals surface area contributed by atoms with E-state index in [1.54, 1.807) is 0 Å². The Morgan fingerprint density at radius 1 is 1.50 bits per heavy atom. The van der Waals surface area contributed by atoms with Crippen LogP contribution in [0.4, 0.5) is 0 Å². The summed E-state index contributed by atoms with van der Waals surface area (Å²) in [5.74, 6) is 0.895. The smallest absolute Gasteiger partial charge is 0.0903 e. The zero-order chi connectivity index (χ0) is 8.60. The Bertz CT molecular complexity index is 159. The molecule has 0 amide bonds. The van der Waals surface area contributed by atoms with Gasteiger partial charge in [-0.1, -0.05) is 0 Å². The third-order valence-corrected chi connectivity index (χ3v) is 2.99. The predicted octanol–water partition coefficient (Wildman–Crippen LogP) is -0.0735. The van der Waals surface area contributed by atoms with Gasteiger partial charge < -0.3 is 10.1 Å². The predicted molar refractivity (Wildman–Crippen MR) is 48.2 cm³/mol. The van der Waals surface area contributed by atoms with Crippen molar-refractivity contribution in [1.82, 2.24) is 10.2 Å². The highest BCUT2D eigenvalue weighted by Gasteiger charge is 2.39. The van der Waals surface area contributed by atoms with Crippen LogP contribution in [0.1, 0.15) is 6.92 Å². The molecule has 0 spiro atoms. The summed E-state index contributed by atoms with van der Waals surface area (Å²) in [4.78, 5) is 2.48. The topological polar surface area (TPSA) is 24.5 Å². The molecule has 0 saturated carbocycles. The molecule has 2 fully saturated rings. The van der Waals surface area contributed by atoms with Crippen molar-refractivity contribution in [3.8, 4) is 0 Å². The van der Waals surface area contributed by atoms with Crippen LogP contribution in [0, 0.1) is 5.92 Å². The number of nitrogens with zero attached hydrogens (tertiary/aromatic N) is 1. The molecule has 0 aromatic rings. The lowest BCUT2D eigenvalue weighted by molar-refractivity contribution is -0.116. The van der Waals surface area contributed by atoms with Crippen LogP contribution >= 0.6 is 0 Å². The van der Waals surface area contributed by atoms with Crippen LogP contribution in [0.2, 0.25) is 0 Å². The van der Waals surface area contributed by atoms with Crippen molar-refractivity contribution in [1.29, 1.82) is 0 Å². The van der Waals surface area contributed by atoms with Gasteiger partial charge in [0.1, 0.15) is 0 Å². The minimum Gasteiger partial charge on any atom is -0.376 e. The molecule has 3 nitrogen and oxygen atoms in total. The maximum atomic E-state index is 5.38. The molecule has 3 heteroatoms. The number of nitrogens with one attached hydrogen (secondary N) is 1. The zero-order valence-electron chi connectivity index (χ0n) is 7.97. The lowest BCUT2D eigenvalue weighted by atomic mass is 9.93. The Hall–Kier alpha value is -0.120. The third-order valence-electron chi connectivity index (χ3n) is 2.99. The van der Waals surface area contributed by atoms with Gasteiger partial charge in [0, 0.05) is 39.8 Å². The molecule has 2 aliphatic heterocycles. The SMILES string of the molecule is COC1(C)CN(CC2CNC2)C1. The summed E-state index contributed by atoms with van der Waals surface area (Å²) >= 11 is 0. The van der Waals surface area contributed by atoms with Crippen molar-refractivity contribution in [3.05, 3.63) is 0 Å². The molecular weight excluding hydrogens is 152 g/mol. The molecule has 0 unspecified atom stereocenters. The van der Waals surface area contributed by atoms with Crippen LogP contribution in [0.5, 0.6) is 0 Å². The normalized spacial score (nSPS) is 29.5. The van der Waals surface area contributed by atoms with Gasteiger partial charge in [-0.3, -0.25) is 4.90 Å². The van der Waals surface area contributed by atoms with E-state index in [2.05, 4.69) is 17.1 Å². The van der Waals surface area contributed by atoms with Crippen LogP contribution in [0.3, 0.4) is 0 Å². The fourth-order valence-corrected chi connectivity index (χ4v) is 2.00. The van der Waals surface area contributed by atoms with Crippen molar-refractivity contribution in [2.24, 2.45) is 5.92 Å². The van der Waals surface area contributed by atoms with Crippen LogP contribution < -0.4 is 5.32 Å². The minimum atomic E-state index is 0.150. The Morgan fingerprint density at radius 2 is 2.17 bits per heavy atom. The van der Waals surface area contributed by atoms with E-state index >= 15 is 0 Å².